The second-order valence-corrected chi connectivity index (χ2v) is 7.18. The molecule has 4 amide bonds. The standard InChI is InChI=1S/C17H30N4O3.ClH/c1-4-16(5-2,11-18)19-13(22)10-21-14(23)17(20-15(21)24)9-7-6-8-12(17)3;/h12H,4-11,18H2,1-3H3,(H,19,22)(H,20,24);1H. The number of hydrogen-bond acceptors (Lipinski definition) is 4. The lowest BCUT2D eigenvalue weighted by Gasteiger charge is -2.37. The van der Waals surface area contributed by atoms with Crippen LogP contribution in [0.25, 0.3) is 0 Å². The quantitative estimate of drug-likeness (QED) is 0.613. The molecule has 1 saturated heterocycles. The van der Waals surface area contributed by atoms with Gasteiger partial charge in [-0.3, -0.25) is 14.5 Å². The highest BCUT2D eigenvalue weighted by Crippen LogP contribution is 2.38. The number of carbonyl (C=O) groups excluding carboxylic acids is 3. The van der Waals surface area contributed by atoms with Crippen LogP contribution in [0.5, 0.6) is 0 Å². The molecule has 0 bridgehead atoms. The van der Waals surface area contributed by atoms with Gasteiger partial charge in [0.05, 0.1) is 5.54 Å². The monoisotopic (exact) mass is 374 g/mol. The molecular weight excluding hydrogens is 344 g/mol. The fourth-order valence-electron chi connectivity index (χ4n) is 3.88. The van der Waals surface area contributed by atoms with Gasteiger partial charge in [0.25, 0.3) is 5.91 Å². The number of rotatable bonds is 6. The lowest BCUT2D eigenvalue weighted by Crippen LogP contribution is -2.56. The average molecular weight is 375 g/mol. The predicted molar refractivity (Wildman–Crippen MR) is 98.4 cm³/mol. The topological polar surface area (TPSA) is 105 Å². The first kappa shape index (κ1) is 21.7. The zero-order chi connectivity index (χ0) is 18.0. The highest BCUT2D eigenvalue weighted by Gasteiger charge is 2.55. The molecule has 144 valence electrons. The van der Waals surface area contributed by atoms with Gasteiger partial charge in [0.15, 0.2) is 0 Å². The lowest BCUT2D eigenvalue weighted by atomic mass is 9.73. The molecule has 8 heteroatoms. The highest BCUT2D eigenvalue weighted by molar-refractivity contribution is 6.09. The molecule has 0 aromatic heterocycles. The zero-order valence-corrected chi connectivity index (χ0v) is 16.2. The minimum absolute atomic E-state index is 0. The number of urea groups is 1. The van der Waals surface area contributed by atoms with Crippen LogP contribution in [-0.2, 0) is 9.59 Å². The van der Waals surface area contributed by atoms with Crippen LogP contribution in [0.1, 0.15) is 59.3 Å². The van der Waals surface area contributed by atoms with Crippen molar-refractivity contribution < 1.29 is 14.4 Å². The van der Waals surface area contributed by atoms with Crippen LogP contribution in [0, 0.1) is 5.92 Å². The first-order chi connectivity index (χ1) is 11.3. The van der Waals surface area contributed by atoms with Gasteiger partial charge < -0.3 is 16.4 Å². The molecule has 2 unspecified atom stereocenters. The largest absolute Gasteiger partial charge is 0.348 e. The fraction of sp³-hybridized carbons (Fsp3) is 0.824. The number of nitrogens with two attached hydrogens (primary N) is 1. The maximum atomic E-state index is 12.9. The Kier molecular flexibility index (Phi) is 7.26. The normalized spacial score (nSPS) is 26.4. The van der Waals surface area contributed by atoms with Crippen LogP contribution in [0.2, 0.25) is 0 Å². The minimum atomic E-state index is -0.823. The van der Waals surface area contributed by atoms with Gasteiger partial charge >= 0.3 is 6.03 Å². The lowest BCUT2D eigenvalue weighted by molar-refractivity contribution is -0.137. The predicted octanol–water partition coefficient (Wildman–Crippen LogP) is 1.54. The van der Waals surface area contributed by atoms with E-state index >= 15 is 0 Å². The van der Waals surface area contributed by atoms with Crippen molar-refractivity contribution in [1.82, 2.24) is 15.5 Å². The number of amides is 4. The molecule has 0 aromatic rings. The van der Waals surface area contributed by atoms with E-state index in [0.29, 0.717) is 25.8 Å². The summed E-state index contributed by atoms with van der Waals surface area (Å²) in [6.45, 7) is 5.99. The smallest absolute Gasteiger partial charge is 0.325 e. The van der Waals surface area contributed by atoms with Crippen molar-refractivity contribution in [3.63, 3.8) is 0 Å². The van der Waals surface area contributed by atoms with Crippen molar-refractivity contribution in [1.29, 1.82) is 0 Å². The maximum Gasteiger partial charge on any atom is 0.325 e. The molecule has 0 radical (unpaired) electrons. The Hall–Kier alpha value is -1.34. The molecule has 2 fully saturated rings. The molecule has 4 N–H and O–H groups in total. The Morgan fingerprint density at radius 1 is 1.36 bits per heavy atom. The van der Waals surface area contributed by atoms with E-state index in [2.05, 4.69) is 10.6 Å². The van der Waals surface area contributed by atoms with E-state index in [0.717, 1.165) is 24.2 Å². The summed E-state index contributed by atoms with van der Waals surface area (Å²) in [6.07, 6.45) is 4.94. The third-order valence-corrected chi connectivity index (χ3v) is 5.95. The Morgan fingerprint density at radius 3 is 2.52 bits per heavy atom. The number of halogens is 1. The SMILES string of the molecule is CCC(CC)(CN)NC(=O)CN1C(=O)NC2(CCCCC2C)C1=O.Cl. The van der Waals surface area contributed by atoms with Gasteiger partial charge in [-0.1, -0.05) is 33.6 Å². The summed E-state index contributed by atoms with van der Waals surface area (Å²) >= 11 is 0. The van der Waals surface area contributed by atoms with Gasteiger partial charge in [-0.15, -0.1) is 12.4 Å². The molecule has 1 spiro atoms. The summed E-state index contributed by atoms with van der Waals surface area (Å²) < 4.78 is 0. The van der Waals surface area contributed by atoms with Crippen LogP contribution in [0.3, 0.4) is 0 Å². The number of carbonyl (C=O) groups is 3. The van der Waals surface area contributed by atoms with E-state index < -0.39 is 17.1 Å². The molecule has 2 aliphatic rings. The summed E-state index contributed by atoms with van der Waals surface area (Å²) in [5, 5.41) is 5.77. The summed E-state index contributed by atoms with van der Waals surface area (Å²) in [5.74, 6) is -0.514. The van der Waals surface area contributed by atoms with Crippen molar-refractivity contribution in [2.45, 2.75) is 70.4 Å². The summed E-state index contributed by atoms with van der Waals surface area (Å²) in [5.41, 5.74) is 4.49. The number of nitrogens with one attached hydrogen (secondary N) is 2. The van der Waals surface area contributed by atoms with Gasteiger partial charge in [0, 0.05) is 6.54 Å². The Labute approximate surface area is 155 Å². The van der Waals surface area contributed by atoms with Crippen molar-refractivity contribution in [3.05, 3.63) is 0 Å². The summed E-state index contributed by atoms with van der Waals surface area (Å²) in [7, 11) is 0. The van der Waals surface area contributed by atoms with Gasteiger partial charge in [0.2, 0.25) is 5.91 Å². The van der Waals surface area contributed by atoms with Crippen LogP contribution < -0.4 is 16.4 Å². The third kappa shape index (κ3) is 3.92. The van der Waals surface area contributed by atoms with E-state index in [1.807, 2.05) is 20.8 Å². The molecule has 1 saturated carbocycles. The van der Waals surface area contributed by atoms with E-state index in [1.165, 1.54) is 0 Å². The van der Waals surface area contributed by atoms with E-state index in [-0.39, 0.29) is 36.7 Å². The molecular formula is C17H31ClN4O3. The molecule has 7 nitrogen and oxygen atoms in total. The number of imide groups is 1. The number of nitrogens with zero attached hydrogens (tertiary/aromatic N) is 1. The Morgan fingerprint density at radius 2 is 2.00 bits per heavy atom. The van der Waals surface area contributed by atoms with E-state index in [1.54, 1.807) is 0 Å². The van der Waals surface area contributed by atoms with E-state index in [9.17, 15) is 14.4 Å². The third-order valence-electron chi connectivity index (χ3n) is 5.95. The Bertz CT molecular complexity index is 516. The van der Waals surface area contributed by atoms with Gasteiger partial charge in [0.1, 0.15) is 12.1 Å². The first-order valence-corrected chi connectivity index (χ1v) is 8.99. The first-order valence-electron chi connectivity index (χ1n) is 8.99. The molecule has 2 rings (SSSR count). The fourth-order valence-corrected chi connectivity index (χ4v) is 3.88. The van der Waals surface area contributed by atoms with Gasteiger partial charge in [-0.25, -0.2) is 4.79 Å². The molecule has 0 aromatic carbocycles. The average Bonchev–Trinajstić information content (AvgIpc) is 2.81. The van der Waals surface area contributed by atoms with Crippen LogP contribution >= 0.6 is 12.4 Å². The Balaban J connectivity index is 0.00000312. The van der Waals surface area contributed by atoms with Crippen molar-refractivity contribution in [2.75, 3.05) is 13.1 Å². The summed E-state index contributed by atoms with van der Waals surface area (Å²) in [4.78, 5) is 38.6. The van der Waals surface area contributed by atoms with Crippen molar-refractivity contribution >= 4 is 30.3 Å². The molecule has 25 heavy (non-hydrogen) atoms. The number of hydrogen-bond donors (Lipinski definition) is 3. The van der Waals surface area contributed by atoms with Crippen LogP contribution in [0.4, 0.5) is 4.79 Å². The second-order valence-electron chi connectivity index (χ2n) is 7.18. The van der Waals surface area contributed by atoms with Gasteiger partial charge in [-0.2, -0.15) is 0 Å². The van der Waals surface area contributed by atoms with Crippen molar-refractivity contribution in [2.24, 2.45) is 11.7 Å². The molecule has 2 atom stereocenters. The van der Waals surface area contributed by atoms with Crippen molar-refractivity contribution in [3.8, 4) is 0 Å². The zero-order valence-electron chi connectivity index (χ0n) is 15.4. The molecule has 1 heterocycles. The molecule has 1 aliphatic heterocycles. The van der Waals surface area contributed by atoms with Crippen LogP contribution in [-0.4, -0.2) is 46.9 Å². The summed E-state index contributed by atoms with van der Waals surface area (Å²) in [6, 6.07) is -0.463. The minimum Gasteiger partial charge on any atom is -0.348 e. The maximum absolute atomic E-state index is 12.9. The van der Waals surface area contributed by atoms with Crippen LogP contribution in [0.15, 0.2) is 0 Å². The molecule has 1 aliphatic carbocycles. The highest BCUT2D eigenvalue weighted by atomic mass is 35.5. The second kappa shape index (κ2) is 8.36. The van der Waals surface area contributed by atoms with E-state index in [4.69, 9.17) is 5.73 Å². The van der Waals surface area contributed by atoms with Gasteiger partial charge in [-0.05, 0) is 31.6 Å².